The summed E-state index contributed by atoms with van der Waals surface area (Å²) in [4.78, 5) is 0.963. The molecule has 1 unspecified atom stereocenters. The third-order valence-electron chi connectivity index (χ3n) is 3.48. The Hall–Kier alpha value is -2.52. The number of tetrazole rings is 1. The summed E-state index contributed by atoms with van der Waals surface area (Å²) >= 11 is 3.06. The van der Waals surface area contributed by atoms with E-state index in [1.54, 1.807) is 16.0 Å². The smallest absolute Gasteiger partial charge is 0.257 e. The Labute approximate surface area is 152 Å². The van der Waals surface area contributed by atoms with Gasteiger partial charge in [-0.25, -0.2) is 4.68 Å². The van der Waals surface area contributed by atoms with Gasteiger partial charge in [-0.15, -0.1) is 26.6 Å². The van der Waals surface area contributed by atoms with Gasteiger partial charge < -0.3 is 4.42 Å². The van der Waals surface area contributed by atoms with Gasteiger partial charge in [0.15, 0.2) is 0 Å². The molecule has 0 amide bonds. The van der Waals surface area contributed by atoms with Crippen molar-refractivity contribution in [2.45, 2.75) is 23.9 Å². The SMILES string of the molecule is CC(Sc1nnnn1Cc1ccccc1)c1nnc(-c2cccs2)o1. The van der Waals surface area contributed by atoms with Crippen molar-refractivity contribution in [2.75, 3.05) is 0 Å². The lowest BCUT2D eigenvalue weighted by Gasteiger charge is -2.07. The van der Waals surface area contributed by atoms with E-state index in [0.29, 0.717) is 23.5 Å². The van der Waals surface area contributed by atoms with E-state index in [4.69, 9.17) is 4.42 Å². The summed E-state index contributed by atoms with van der Waals surface area (Å²) in [6.07, 6.45) is 0. The van der Waals surface area contributed by atoms with Crippen molar-refractivity contribution < 1.29 is 4.42 Å². The van der Waals surface area contributed by atoms with Gasteiger partial charge in [0.1, 0.15) is 0 Å². The van der Waals surface area contributed by atoms with Crippen LogP contribution in [-0.2, 0) is 6.54 Å². The molecule has 3 heterocycles. The summed E-state index contributed by atoms with van der Waals surface area (Å²) in [5.74, 6) is 1.10. The molecule has 0 saturated heterocycles. The molecule has 0 N–H and O–H groups in total. The summed E-state index contributed by atoms with van der Waals surface area (Å²) in [5.41, 5.74) is 1.14. The fourth-order valence-electron chi connectivity index (χ4n) is 2.24. The topological polar surface area (TPSA) is 82.5 Å². The number of aromatic nitrogens is 6. The Balaban J connectivity index is 1.48. The molecule has 0 bridgehead atoms. The molecule has 0 fully saturated rings. The van der Waals surface area contributed by atoms with Crippen molar-refractivity contribution in [3.8, 4) is 10.8 Å². The molecule has 126 valence electrons. The monoisotopic (exact) mass is 370 g/mol. The number of thioether (sulfide) groups is 1. The third kappa shape index (κ3) is 3.62. The number of hydrogen-bond donors (Lipinski definition) is 0. The van der Waals surface area contributed by atoms with Gasteiger partial charge in [0, 0.05) is 0 Å². The van der Waals surface area contributed by atoms with Crippen LogP contribution in [-0.4, -0.2) is 30.4 Å². The molecule has 7 nitrogen and oxygen atoms in total. The van der Waals surface area contributed by atoms with Crippen LogP contribution >= 0.6 is 23.1 Å². The number of benzene rings is 1. The van der Waals surface area contributed by atoms with E-state index in [1.807, 2.05) is 54.8 Å². The highest BCUT2D eigenvalue weighted by molar-refractivity contribution is 7.99. The van der Waals surface area contributed by atoms with Crippen LogP contribution in [0.15, 0.2) is 57.4 Å². The maximum absolute atomic E-state index is 5.79. The van der Waals surface area contributed by atoms with Gasteiger partial charge in [-0.1, -0.05) is 48.2 Å². The van der Waals surface area contributed by atoms with Crippen molar-refractivity contribution in [3.63, 3.8) is 0 Å². The Bertz CT molecular complexity index is 935. The van der Waals surface area contributed by atoms with Gasteiger partial charge >= 0.3 is 0 Å². The van der Waals surface area contributed by atoms with Gasteiger partial charge in [0.05, 0.1) is 16.7 Å². The first-order valence-electron chi connectivity index (χ1n) is 7.63. The fourth-order valence-corrected chi connectivity index (χ4v) is 3.71. The molecule has 9 heteroatoms. The lowest BCUT2D eigenvalue weighted by atomic mass is 10.2. The van der Waals surface area contributed by atoms with E-state index >= 15 is 0 Å². The lowest BCUT2D eigenvalue weighted by molar-refractivity contribution is 0.509. The standard InChI is InChI=1S/C16H14N6OS2/c1-11(14-17-18-15(23-14)13-8-5-9-24-13)25-16-19-20-21-22(16)10-12-6-3-2-4-7-12/h2-9,11H,10H2,1H3. The van der Waals surface area contributed by atoms with E-state index in [2.05, 4.69) is 25.7 Å². The minimum atomic E-state index is -0.0539. The first kappa shape index (κ1) is 16.0. The molecule has 4 rings (SSSR count). The summed E-state index contributed by atoms with van der Waals surface area (Å²) < 4.78 is 7.56. The van der Waals surface area contributed by atoms with Gasteiger partial charge in [-0.2, -0.15) is 0 Å². The number of nitrogens with zero attached hydrogens (tertiary/aromatic N) is 6. The molecule has 0 saturated carbocycles. The van der Waals surface area contributed by atoms with Crippen LogP contribution in [0.1, 0.15) is 23.6 Å². The van der Waals surface area contributed by atoms with Gasteiger partial charge in [-0.3, -0.25) is 0 Å². The van der Waals surface area contributed by atoms with Crippen molar-refractivity contribution in [1.29, 1.82) is 0 Å². The second-order valence-corrected chi connectivity index (χ2v) is 7.54. The molecule has 4 aromatic rings. The van der Waals surface area contributed by atoms with Crippen molar-refractivity contribution in [3.05, 3.63) is 59.3 Å². The third-order valence-corrected chi connectivity index (χ3v) is 5.39. The van der Waals surface area contributed by atoms with E-state index in [-0.39, 0.29) is 5.25 Å². The molecule has 0 aliphatic rings. The maximum Gasteiger partial charge on any atom is 0.257 e. The second-order valence-electron chi connectivity index (χ2n) is 5.29. The predicted octanol–water partition coefficient (Wildman–Crippen LogP) is 3.69. The Morgan fingerprint density at radius 1 is 1.12 bits per heavy atom. The minimum Gasteiger partial charge on any atom is -0.419 e. The Morgan fingerprint density at radius 3 is 2.80 bits per heavy atom. The molecule has 1 atom stereocenters. The lowest BCUT2D eigenvalue weighted by Crippen LogP contribution is -2.04. The van der Waals surface area contributed by atoms with E-state index < -0.39 is 0 Å². The van der Waals surface area contributed by atoms with E-state index in [1.165, 1.54) is 11.8 Å². The molecule has 0 aliphatic carbocycles. The average Bonchev–Trinajstić information content (AvgIpc) is 3.38. The summed E-state index contributed by atoms with van der Waals surface area (Å²) in [6, 6.07) is 14.0. The van der Waals surface area contributed by atoms with E-state index in [0.717, 1.165) is 10.4 Å². The number of hydrogen-bond acceptors (Lipinski definition) is 8. The molecular weight excluding hydrogens is 356 g/mol. The zero-order valence-corrected chi connectivity index (χ0v) is 14.9. The van der Waals surface area contributed by atoms with Crippen LogP contribution in [0.5, 0.6) is 0 Å². The summed E-state index contributed by atoms with van der Waals surface area (Å²) in [6.45, 7) is 2.62. The Kier molecular flexibility index (Phi) is 4.57. The molecule has 25 heavy (non-hydrogen) atoms. The van der Waals surface area contributed by atoms with Crippen molar-refractivity contribution >= 4 is 23.1 Å². The highest BCUT2D eigenvalue weighted by Gasteiger charge is 2.20. The van der Waals surface area contributed by atoms with Crippen LogP contribution in [0, 0.1) is 0 Å². The first-order chi connectivity index (χ1) is 12.3. The first-order valence-corrected chi connectivity index (χ1v) is 9.39. The highest BCUT2D eigenvalue weighted by atomic mass is 32.2. The van der Waals surface area contributed by atoms with Crippen LogP contribution in [0.2, 0.25) is 0 Å². The minimum absolute atomic E-state index is 0.0539. The van der Waals surface area contributed by atoms with Gasteiger partial charge in [0.25, 0.3) is 5.89 Å². The molecule has 0 radical (unpaired) electrons. The average molecular weight is 370 g/mol. The van der Waals surface area contributed by atoms with Gasteiger partial charge in [-0.05, 0) is 34.4 Å². The van der Waals surface area contributed by atoms with Crippen LogP contribution in [0.3, 0.4) is 0 Å². The van der Waals surface area contributed by atoms with Crippen LogP contribution in [0.4, 0.5) is 0 Å². The van der Waals surface area contributed by atoms with Crippen LogP contribution < -0.4 is 0 Å². The zero-order valence-electron chi connectivity index (χ0n) is 13.3. The number of rotatable bonds is 6. The molecular formula is C16H14N6OS2. The molecule has 0 spiro atoms. The summed E-state index contributed by atoms with van der Waals surface area (Å²) in [5, 5.41) is 22.9. The predicted molar refractivity (Wildman–Crippen MR) is 95.2 cm³/mol. The van der Waals surface area contributed by atoms with Crippen LogP contribution in [0.25, 0.3) is 10.8 Å². The Morgan fingerprint density at radius 2 is 2.00 bits per heavy atom. The fraction of sp³-hybridized carbons (Fsp3) is 0.188. The second kappa shape index (κ2) is 7.16. The zero-order chi connectivity index (χ0) is 17.1. The quantitative estimate of drug-likeness (QED) is 0.479. The molecule has 0 aliphatic heterocycles. The number of thiophene rings is 1. The van der Waals surface area contributed by atoms with E-state index in [9.17, 15) is 0 Å². The normalized spacial score (nSPS) is 12.4. The summed E-state index contributed by atoms with van der Waals surface area (Å²) in [7, 11) is 0. The van der Waals surface area contributed by atoms with Crippen molar-refractivity contribution in [2.24, 2.45) is 0 Å². The maximum atomic E-state index is 5.79. The molecule has 1 aromatic carbocycles. The molecule has 3 aromatic heterocycles. The highest BCUT2D eigenvalue weighted by Crippen LogP contribution is 2.34. The van der Waals surface area contributed by atoms with Gasteiger partial charge in [0.2, 0.25) is 11.0 Å². The largest absolute Gasteiger partial charge is 0.419 e. The van der Waals surface area contributed by atoms with Crippen molar-refractivity contribution in [1.82, 2.24) is 30.4 Å².